The molecule has 0 bridgehead atoms. The van der Waals surface area contributed by atoms with Gasteiger partial charge in [-0.25, -0.2) is 0 Å². The van der Waals surface area contributed by atoms with Gasteiger partial charge in [-0.05, 0) is 41.4 Å². The maximum absolute atomic E-state index is 9.12. The van der Waals surface area contributed by atoms with Crippen LogP contribution in [0.3, 0.4) is 0 Å². The fraction of sp³-hybridized carbons (Fsp3) is 0.231. The summed E-state index contributed by atoms with van der Waals surface area (Å²) in [7, 11) is 0. The third-order valence-corrected chi connectivity index (χ3v) is 3.29. The highest BCUT2D eigenvalue weighted by atomic mass is 79.9. The number of aryl methyl sites for hydroxylation is 1. The first kappa shape index (κ1) is 11.9. The van der Waals surface area contributed by atoms with Gasteiger partial charge in [0.25, 0.3) is 0 Å². The number of benzene rings is 1. The molecule has 0 atom stereocenters. The fourth-order valence-corrected chi connectivity index (χ4v) is 2.31. The van der Waals surface area contributed by atoms with E-state index in [4.69, 9.17) is 5.26 Å². The molecule has 0 aliphatic heterocycles. The SMILES string of the molecule is CCNc1c(C#N)cnc2c(Br)ccc(C)c12. The van der Waals surface area contributed by atoms with Crippen LogP contribution < -0.4 is 5.32 Å². The topological polar surface area (TPSA) is 48.7 Å². The van der Waals surface area contributed by atoms with Gasteiger partial charge >= 0.3 is 0 Å². The van der Waals surface area contributed by atoms with Crippen LogP contribution in [0.25, 0.3) is 10.9 Å². The van der Waals surface area contributed by atoms with Crippen molar-refractivity contribution in [1.29, 1.82) is 5.26 Å². The number of anilines is 1. The molecule has 86 valence electrons. The van der Waals surface area contributed by atoms with Gasteiger partial charge in [-0.3, -0.25) is 4.98 Å². The molecule has 2 aromatic rings. The second-order valence-electron chi connectivity index (χ2n) is 3.78. The Bertz CT molecular complexity index is 614. The number of hydrogen-bond acceptors (Lipinski definition) is 3. The number of pyridine rings is 1. The number of aromatic nitrogens is 1. The standard InChI is InChI=1S/C13H12BrN3/c1-3-16-12-9(6-15)7-17-13-10(14)5-4-8(2)11(12)13/h4-5,7H,3H2,1-2H3,(H,16,17). The van der Waals surface area contributed by atoms with E-state index in [0.717, 1.165) is 33.2 Å². The zero-order chi connectivity index (χ0) is 12.4. The highest BCUT2D eigenvalue weighted by Gasteiger charge is 2.12. The number of nitriles is 1. The van der Waals surface area contributed by atoms with Gasteiger partial charge in [0, 0.05) is 22.6 Å². The second-order valence-corrected chi connectivity index (χ2v) is 4.63. The highest BCUT2D eigenvalue weighted by molar-refractivity contribution is 9.10. The predicted octanol–water partition coefficient (Wildman–Crippen LogP) is 3.61. The van der Waals surface area contributed by atoms with Crippen molar-refractivity contribution >= 4 is 32.5 Å². The lowest BCUT2D eigenvalue weighted by molar-refractivity contribution is 1.20. The van der Waals surface area contributed by atoms with E-state index < -0.39 is 0 Å². The summed E-state index contributed by atoms with van der Waals surface area (Å²) in [6.07, 6.45) is 1.62. The molecule has 17 heavy (non-hydrogen) atoms. The molecule has 0 fully saturated rings. The Morgan fingerprint density at radius 3 is 2.88 bits per heavy atom. The first-order chi connectivity index (χ1) is 8.19. The first-order valence-electron chi connectivity index (χ1n) is 5.40. The Morgan fingerprint density at radius 2 is 2.24 bits per heavy atom. The quantitative estimate of drug-likeness (QED) is 0.919. The van der Waals surface area contributed by atoms with Gasteiger partial charge in [0.2, 0.25) is 0 Å². The number of hydrogen-bond donors (Lipinski definition) is 1. The number of nitrogens with zero attached hydrogens (tertiary/aromatic N) is 2. The maximum atomic E-state index is 9.12. The highest BCUT2D eigenvalue weighted by Crippen LogP contribution is 2.32. The number of nitrogens with one attached hydrogen (secondary N) is 1. The molecule has 1 heterocycles. The summed E-state index contributed by atoms with van der Waals surface area (Å²) in [5, 5.41) is 13.4. The lowest BCUT2D eigenvalue weighted by Gasteiger charge is -2.12. The first-order valence-corrected chi connectivity index (χ1v) is 6.20. The van der Waals surface area contributed by atoms with Gasteiger partial charge in [0.15, 0.2) is 0 Å². The third kappa shape index (κ3) is 1.98. The van der Waals surface area contributed by atoms with Crippen LogP contribution in [0, 0.1) is 18.3 Å². The van der Waals surface area contributed by atoms with Crippen molar-refractivity contribution < 1.29 is 0 Å². The van der Waals surface area contributed by atoms with Gasteiger partial charge in [-0.1, -0.05) is 6.07 Å². The molecule has 1 aromatic heterocycles. The molecule has 2 rings (SSSR count). The Morgan fingerprint density at radius 1 is 1.47 bits per heavy atom. The van der Waals surface area contributed by atoms with Crippen LogP contribution in [-0.2, 0) is 0 Å². The van der Waals surface area contributed by atoms with E-state index >= 15 is 0 Å². The molecule has 0 aliphatic carbocycles. The molecule has 0 amide bonds. The summed E-state index contributed by atoms with van der Waals surface area (Å²) in [4.78, 5) is 4.35. The predicted molar refractivity (Wildman–Crippen MR) is 73.1 cm³/mol. The van der Waals surface area contributed by atoms with Crippen LogP contribution in [0.1, 0.15) is 18.1 Å². The largest absolute Gasteiger partial charge is 0.384 e. The summed E-state index contributed by atoms with van der Waals surface area (Å²) in [5.41, 5.74) is 3.46. The molecule has 0 aliphatic rings. The van der Waals surface area contributed by atoms with Gasteiger partial charge in [0.1, 0.15) is 6.07 Å². The van der Waals surface area contributed by atoms with Crippen molar-refractivity contribution in [3.63, 3.8) is 0 Å². The lowest BCUT2D eigenvalue weighted by Crippen LogP contribution is -2.02. The smallest absolute Gasteiger partial charge is 0.103 e. The van der Waals surface area contributed by atoms with Crippen LogP contribution in [-0.4, -0.2) is 11.5 Å². The summed E-state index contributed by atoms with van der Waals surface area (Å²) in [5.74, 6) is 0. The van der Waals surface area contributed by atoms with E-state index in [1.54, 1.807) is 6.20 Å². The molecule has 1 N–H and O–H groups in total. The van der Waals surface area contributed by atoms with Crippen LogP contribution in [0.15, 0.2) is 22.8 Å². The minimum Gasteiger partial charge on any atom is -0.384 e. The van der Waals surface area contributed by atoms with Gasteiger partial charge in [-0.2, -0.15) is 5.26 Å². The third-order valence-electron chi connectivity index (χ3n) is 2.65. The van der Waals surface area contributed by atoms with Crippen LogP contribution in [0.2, 0.25) is 0 Å². The summed E-state index contributed by atoms with van der Waals surface area (Å²) in [6, 6.07) is 6.18. The summed E-state index contributed by atoms with van der Waals surface area (Å²) < 4.78 is 0.946. The van der Waals surface area contributed by atoms with Crippen molar-refractivity contribution in [2.75, 3.05) is 11.9 Å². The van der Waals surface area contributed by atoms with E-state index in [1.807, 2.05) is 26.0 Å². The van der Waals surface area contributed by atoms with Gasteiger partial charge < -0.3 is 5.32 Å². The molecule has 4 heteroatoms. The maximum Gasteiger partial charge on any atom is 0.103 e. The normalized spacial score (nSPS) is 10.2. The second kappa shape index (κ2) is 4.72. The fourth-order valence-electron chi connectivity index (χ4n) is 1.88. The molecule has 0 spiro atoms. The van der Waals surface area contributed by atoms with Gasteiger partial charge in [0.05, 0.1) is 16.8 Å². The average Bonchev–Trinajstić information content (AvgIpc) is 2.34. The van der Waals surface area contributed by atoms with E-state index in [0.29, 0.717) is 5.56 Å². The average molecular weight is 290 g/mol. The summed E-state index contributed by atoms with van der Waals surface area (Å²) >= 11 is 3.49. The van der Waals surface area contributed by atoms with Crippen LogP contribution in [0.4, 0.5) is 5.69 Å². The van der Waals surface area contributed by atoms with Crippen molar-refractivity contribution in [2.45, 2.75) is 13.8 Å². The Balaban J connectivity index is 2.89. The minimum atomic E-state index is 0.584. The molecule has 0 radical (unpaired) electrons. The van der Waals surface area contributed by atoms with E-state index in [-0.39, 0.29) is 0 Å². The molecular formula is C13H12BrN3. The van der Waals surface area contributed by atoms with Crippen molar-refractivity contribution in [3.05, 3.63) is 33.9 Å². The zero-order valence-electron chi connectivity index (χ0n) is 9.71. The number of fused-ring (bicyclic) bond motifs is 1. The van der Waals surface area contributed by atoms with Crippen LogP contribution >= 0.6 is 15.9 Å². The molecule has 0 unspecified atom stereocenters. The number of rotatable bonds is 2. The molecular weight excluding hydrogens is 278 g/mol. The van der Waals surface area contributed by atoms with Crippen molar-refractivity contribution in [3.8, 4) is 6.07 Å². The van der Waals surface area contributed by atoms with E-state index in [2.05, 4.69) is 32.3 Å². The van der Waals surface area contributed by atoms with Crippen molar-refractivity contribution in [1.82, 2.24) is 4.98 Å². The van der Waals surface area contributed by atoms with E-state index in [9.17, 15) is 0 Å². The summed E-state index contributed by atoms with van der Waals surface area (Å²) in [6.45, 7) is 4.82. The monoisotopic (exact) mass is 289 g/mol. The minimum absolute atomic E-state index is 0.584. The molecule has 0 saturated heterocycles. The Kier molecular flexibility index (Phi) is 3.30. The van der Waals surface area contributed by atoms with Crippen molar-refractivity contribution in [2.24, 2.45) is 0 Å². The van der Waals surface area contributed by atoms with Crippen LogP contribution in [0.5, 0.6) is 0 Å². The zero-order valence-corrected chi connectivity index (χ0v) is 11.3. The van der Waals surface area contributed by atoms with E-state index in [1.165, 1.54) is 0 Å². The number of halogens is 1. The molecule has 3 nitrogen and oxygen atoms in total. The van der Waals surface area contributed by atoms with Gasteiger partial charge in [-0.15, -0.1) is 0 Å². The molecule has 1 aromatic carbocycles. The lowest BCUT2D eigenvalue weighted by atomic mass is 10.1. The Labute approximate surface area is 109 Å². The Hall–Kier alpha value is -1.60. The molecule has 0 saturated carbocycles.